The van der Waals surface area contributed by atoms with E-state index in [4.69, 9.17) is 14.1 Å². The third-order valence-electron chi connectivity index (χ3n) is 6.80. The van der Waals surface area contributed by atoms with Crippen molar-refractivity contribution in [2.75, 3.05) is 12.4 Å². The molecule has 0 aliphatic carbocycles. The van der Waals surface area contributed by atoms with Crippen LogP contribution in [0.4, 0.5) is 5.69 Å². The Labute approximate surface area is 261 Å². The van der Waals surface area contributed by atoms with E-state index in [1.807, 2.05) is 84.9 Å². The molecule has 0 spiro atoms. The van der Waals surface area contributed by atoms with E-state index >= 15 is 0 Å². The van der Waals surface area contributed by atoms with Crippen LogP contribution >= 0.6 is 43.2 Å². The molecule has 5 aromatic rings. The van der Waals surface area contributed by atoms with Crippen molar-refractivity contribution in [3.05, 3.63) is 136 Å². The fourth-order valence-electron chi connectivity index (χ4n) is 4.85. The van der Waals surface area contributed by atoms with E-state index in [1.165, 1.54) is 11.3 Å². The number of carbonyl (C=O) groups is 1. The van der Waals surface area contributed by atoms with Crippen molar-refractivity contribution in [1.29, 1.82) is 0 Å². The second-order valence-corrected chi connectivity index (χ2v) is 12.3. The van der Waals surface area contributed by atoms with Crippen molar-refractivity contribution >= 4 is 60.9 Å². The average Bonchev–Trinajstić information content (AvgIpc) is 3.58. The number of carbonyl (C=O) groups excluding carboxylic acids is 1. The zero-order valence-electron chi connectivity index (χ0n) is 22.4. The van der Waals surface area contributed by atoms with Gasteiger partial charge < -0.3 is 14.5 Å². The highest BCUT2D eigenvalue weighted by Crippen LogP contribution is 2.34. The van der Waals surface area contributed by atoms with Gasteiger partial charge in [-0.15, -0.1) is 0 Å². The third-order valence-corrected chi connectivity index (χ3v) is 8.97. The van der Waals surface area contributed by atoms with Crippen molar-refractivity contribution in [3.8, 4) is 17.1 Å². The molecule has 3 heterocycles. The lowest BCUT2D eigenvalue weighted by molar-refractivity contribution is -0.113. The fraction of sp³-hybridized carbons (Fsp3) is 0.0938. The Morgan fingerprint density at radius 1 is 1.05 bits per heavy atom. The normalized spacial score (nSPS) is 14.9. The number of hydrogen-bond acceptors (Lipinski definition) is 6. The molecule has 1 aliphatic rings. The van der Waals surface area contributed by atoms with Gasteiger partial charge in [-0.25, -0.2) is 4.99 Å². The molecule has 6 rings (SSSR count). The Morgan fingerprint density at radius 3 is 2.64 bits per heavy atom. The molecule has 0 bridgehead atoms. The monoisotopic (exact) mass is 703 g/mol. The predicted molar refractivity (Wildman–Crippen MR) is 171 cm³/mol. The van der Waals surface area contributed by atoms with E-state index in [0.717, 1.165) is 20.1 Å². The molecule has 10 heteroatoms. The molecule has 0 saturated heterocycles. The topological polar surface area (TPSA) is 85.8 Å². The molecule has 210 valence electrons. The van der Waals surface area contributed by atoms with Crippen molar-refractivity contribution in [1.82, 2.24) is 4.57 Å². The number of anilines is 1. The Morgan fingerprint density at radius 2 is 1.86 bits per heavy atom. The molecule has 0 saturated carbocycles. The summed E-state index contributed by atoms with van der Waals surface area (Å²) in [4.78, 5) is 32.9. The number of thiazole rings is 1. The van der Waals surface area contributed by atoms with E-state index in [0.29, 0.717) is 43.6 Å². The van der Waals surface area contributed by atoms with E-state index in [-0.39, 0.29) is 11.5 Å². The highest BCUT2D eigenvalue weighted by Gasteiger charge is 2.32. The minimum atomic E-state index is -0.716. The maximum absolute atomic E-state index is 14.0. The van der Waals surface area contributed by atoms with Crippen LogP contribution in [0.2, 0.25) is 0 Å². The standard InChI is InChI=1S/C32H23Br2N3O4S/c1-18-28(30(38)36-21-8-4-3-5-9-21)29(19-7-6-10-22(15-19)40-2)37-31(39)27(42-32(37)35-18)17-23-12-14-26(41-23)24-16-20(33)11-13-25(24)34/h3-17,29H,1-2H3,(H,36,38)/b27-17+/t29-/m1/s1. The van der Waals surface area contributed by atoms with E-state index in [9.17, 15) is 9.59 Å². The van der Waals surface area contributed by atoms with Crippen LogP contribution in [-0.2, 0) is 4.79 Å². The number of nitrogens with zero attached hydrogens (tertiary/aromatic N) is 2. The summed E-state index contributed by atoms with van der Waals surface area (Å²) in [6, 6.07) is 25.4. The molecule has 3 aromatic carbocycles. The van der Waals surface area contributed by atoms with Crippen LogP contribution < -0.4 is 24.9 Å². The summed E-state index contributed by atoms with van der Waals surface area (Å²) in [5.41, 5.74) is 2.90. The van der Waals surface area contributed by atoms with Gasteiger partial charge >= 0.3 is 0 Å². The average molecular weight is 705 g/mol. The van der Waals surface area contributed by atoms with Crippen LogP contribution in [0.15, 0.2) is 119 Å². The number of allylic oxidation sites excluding steroid dienone is 1. The SMILES string of the molecule is COc1cccc([C@@H]2C(C(=O)Nc3ccccc3)=C(C)N=c3s/c(=C/c4ccc(-c5cc(Br)ccc5Br)o4)c(=O)n32)c1. The van der Waals surface area contributed by atoms with Gasteiger partial charge in [-0.2, -0.15) is 0 Å². The molecule has 0 unspecified atom stereocenters. The third kappa shape index (κ3) is 5.45. The largest absolute Gasteiger partial charge is 0.497 e. The number of fused-ring (bicyclic) bond motifs is 1. The first-order valence-corrected chi connectivity index (χ1v) is 15.3. The van der Waals surface area contributed by atoms with E-state index < -0.39 is 6.04 Å². The van der Waals surface area contributed by atoms with E-state index in [2.05, 4.69) is 37.2 Å². The van der Waals surface area contributed by atoms with Gasteiger partial charge in [0.2, 0.25) is 0 Å². The summed E-state index contributed by atoms with van der Waals surface area (Å²) in [6.07, 6.45) is 1.71. The molecule has 1 atom stereocenters. The van der Waals surface area contributed by atoms with Crippen LogP contribution in [0.1, 0.15) is 24.3 Å². The Bertz CT molecular complexity index is 2040. The van der Waals surface area contributed by atoms with Gasteiger partial charge in [-0.1, -0.05) is 73.5 Å². The first-order valence-electron chi connectivity index (χ1n) is 12.9. The summed E-state index contributed by atoms with van der Waals surface area (Å²) < 4.78 is 15.4. The summed E-state index contributed by atoms with van der Waals surface area (Å²) in [6.45, 7) is 1.79. The first-order chi connectivity index (χ1) is 20.3. The second-order valence-electron chi connectivity index (χ2n) is 9.50. The molecule has 0 radical (unpaired) electrons. The molecule has 42 heavy (non-hydrogen) atoms. The summed E-state index contributed by atoms with van der Waals surface area (Å²) >= 11 is 8.33. The molecule has 2 aromatic heterocycles. The number of furan rings is 1. The maximum atomic E-state index is 14.0. The molecule has 1 amide bonds. The fourth-order valence-corrected chi connectivity index (χ4v) is 6.68. The lowest BCUT2D eigenvalue weighted by Crippen LogP contribution is -2.40. The van der Waals surface area contributed by atoms with Crippen LogP contribution in [0.5, 0.6) is 5.75 Å². The number of aromatic nitrogens is 1. The predicted octanol–water partition coefficient (Wildman–Crippen LogP) is 6.67. The Hall–Kier alpha value is -3.99. The van der Waals surface area contributed by atoms with Gasteiger partial charge in [-0.05, 0) is 67.1 Å². The number of para-hydroxylation sites is 1. The van der Waals surface area contributed by atoms with Crippen LogP contribution in [0.3, 0.4) is 0 Å². The molecular weight excluding hydrogens is 682 g/mol. The van der Waals surface area contributed by atoms with Gasteiger partial charge in [-0.3, -0.25) is 14.2 Å². The first kappa shape index (κ1) is 28.1. The minimum absolute atomic E-state index is 0.273. The maximum Gasteiger partial charge on any atom is 0.271 e. The minimum Gasteiger partial charge on any atom is -0.497 e. The molecule has 1 N–H and O–H groups in total. The van der Waals surface area contributed by atoms with Gasteiger partial charge in [0.15, 0.2) is 4.80 Å². The number of ether oxygens (including phenoxy) is 1. The molecule has 1 aliphatic heterocycles. The van der Waals surface area contributed by atoms with Gasteiger partial charge in [0.05, 0.1) is 29.0 Å². The second kappa shape index (κ2) is 11.7. The van der Waals surface area contributed by atoms with Crippen LogP contribution in [0.25, 0.3) is 17.4 Å². The zero-order valence-corrected chi connectivity index (χ0v) is 26.4. The Kier molecular flexibility index (Phi) is 7.85. The zero-order chi connectivity index (χ0) is 29.4. The van der Waals surface area contributed by atoms with E-state index in [1.54, 1.807) is 24.7 Å². The van der Waals surface area contributed by atoms with Gasteiger partial charge in [0, 0.05) is 26.3 Å². The Balaban J connectivity index is 1.47. The number of rotatable bonds is 6. The summed E-state index contributed by atoms with van der Waals surface area (Å²) in [5, 5.41) is 2.96. The highest BCUT2D eigenvalue weighted by atomic mass is 79.9. The van der Waals surface area contributed by atoms with Crippen molar-refractivity contribution in [3.63, 3.8) is 0 Å². The van der Waals surface area contributed by atoms with Crippen LogP contribution in [-0.4, -0.2) is 17.6 Å². The van der Waals surface area contributed by atoms with Gasteiger partial charge in [0.1, 0.15) is 17.3 Å². The summed E-state index contributed by atoms with van der Waals surface area (Å²) in [5.74, 6) is 1.47. The molecular formula is C32H23Br2N3O4S. The highest BCUT2D eigenvalue weighted by molar-refractivity contribution is 9.11. The number of methoxy groups -OCH3 is 1. The quantitative estimate of drug-likeness (QED) is 0.214. The van der Waals surface area contributed by atoms with Crippen molar-refractivity contribution < 1.29 is 13.9 Å². The van der Waals surface area contributed by atoms with Crippen molar-refractivity contribution in [2.24, 2.45) is 4.99 Å². The van der Waals surface area contributed by atoms with Gasteiger partial charge in [0.25, 0.3) is 11.5 Å². The number of hydrogen-bond donors (Lipinski definition) is 1. The van der Waals surface area contributed by atoms with Crippen LogP contribution in [0, 0.1) is 0 Å². The smallest absolute Gasteiger partial charge is 0.271 e. The lowest BCUT2D eigenvalue weighted by atomic mass is 9.95. The summed E-state index contributed by atoms with van der Waals surface area (Å²) in [7, 11) is 1.58. The number of halogens is 2. The number of amides is 1. The number of benzene rings is 3. The lowest BCUT2D eigenvalue weighted by Gasteiger charge is -2.25. The molecule has 7 nitrogen and oxygen atoms in total. The number of nitrogens with one attached hydrogen (secondary N) is 1. The molecule has 0 fully saturated rings. The van der Waals surface area contributed by atoms with Crippen molar-refractivity contribution in [2.45, 2.75) is 13.0 Å².